The number of benzene rings is 1. The monoisotopic (exact) mass is 274 g/mol. The average molecular weight is 274 g/mol. The van der Waals surface area contributed by atoms with Crippen LogP contribution in [0.25, 0.3) is 0 Å². The Morgan fingerprint density at radius 3 is 2.19 bits per heavy atom. The van der Waals surface area contributed by atoms with Crippen molar-refractivity contribution in [1.82, 2.24) is 0 Å². The van der Waals surface area contributed by atoms with Gasteiger partial charge in [-0.2, -0.15) is 0 Å². The van der Waals surface area contributed by atoms with Gasteiger partial charge in [-0.3, -0.25) is 0 Å². The van der Waals surface area contributed by atoms with Crippen molar-refractivity contribution in [3.05, 3.63) is 103 Å². The van der Waals surface area contributed by atoms with E-state index in [9.17, 15) is 0 Å². The molecule has 0 N–H and O–H groups in total. The van der Waals surface area contributed by atoms with Gasteiger partial charge in [0.1, 0.15) is 0 Å². The molecule has 0 saturated heterocycles. The second-order valence-electron chi connectivity index (χ2n) is 4.63. The summed E-state index contributed by atoms with van der Waals surface area (Å²) in [4.78, 5) is 0. The minimum Gasteiger partial charge on any atom is -0.0991 e. The highest BCUT2D eigenvalue weighted by molar-refractivity contribution is 6.87. The average Bonchev–Trinajstić information content (AvgIpc) is 2.52. The molecule has 21 heavy (non-hydrogen) atoms. The highest BCUT2D eigenvalue weighted by Gasteiger charge is 2.22. The van der Waals surface area contributed by atoms with Crippen molar-refractivity contribution in [2.45, 2.75) is 13.8 Å². The molecule has 0 aliphatic carbocycles. The van der Waals surface area contributed by atoms with Crippen molar-refractivity contribution in [3.8, 4) is 0 Å². The van der Waals surface area contributed by atoms with Crippen LogP contribution >= 0.6 is 0 Å². The van der Waals surface area contributed by atoms with Crippen LogP contribution in [-0.2, 0) is 0 Å². The fourth-order valence-electron chi connectivity index (χ4n) is 2.34. The van der Waals surface area contributed by atoms with Crippen LogP contribution in [0, 0.1) is 0 Å². The van der Waals surface area contributed by atoms with Crippen LogP contribution in [-0.4, -0.2) is 6.71 Å². The third kappa shape index (κ3) is 4.96. The predicted molar refractivity (Wildman–Crippen MR) is 98.0 cm³/mol. The first-order valence-electron chi connectivity index (χ1n) is 7.24. The second kappa shape index (κ2) is 9.60. The molecular formula is C20H23B. The van der Waals surface area contributed by atoms with Crippen LogP contribution in [0.5, 0.6) is 0 Å². The Bertz CT molecular complexity index is 571. The molecule has 106 valence electrons. The van der Waals surface area contributed by atoms with Crippen molar-refractivity contribution in [3.63, 3.8) is 0 Å². The molecule has 0 saturated carbocycles. The summed E-state index contributed by atoms with van der Waals surface area (Å²) in [6, 6.07) is 10.5. The minimum absolute atomic E-state index is 0.196. The van der Waals surface area contributed by atoms with Crippen LogP contribution in [0.3, 0.4) is 0 Å². The molecule has 1 rings (SSSR count). The van der Waals surface area contributed by atoms with Crippen LogP contribution in [0.2, 0.25) is 0 Å². The fraction of sp³-hybridized carbons (Fsp3) is 0.100. The summed E-state index contributed by atoms with van der Waals surface area (Å²) in [5, 5.41) is 0. The van der Waals surface area contributed by atoms with Gasteiger partial charge >= 0.3 is 0 Å². The zero-order valence-corrected chi connectivity index (χ0v) is 13.0. The van der Waals surface area contributed by atoms with Crippen molar-refractivity contribution in [2.24, 2.45) is 0 Å². The van der Waals surface area contributed by atoms with E-state index in [0.717, 1.165) is 0 Å². The van der Waals surface area contributed by atoms with E-state index in [1.807, 2.05) is 25.1 Å². The Morgan fingerprint density at radius 2 is 1.67 bits per heavy atom. The Balaban J connectivity index is 3.41. The topological polar surface area (TPSA) is 0 Å². The molecule has 0 heterocycles. The lowest BCUT2D eigenvalue weighted by molar-refractivity contribution is 1.62. The van der Waals surface area contributed by atoms with E-state index in [-0.39, 0.29) is 6.71 Å². The fourth-order valence-corrected chi connectivity index (χ4v) is 2.34. The summed E-state index contributed by atoms with van der Waals surface area (Å²) >= 11 is 0. The second-order valence-corrected chi connectivity index (χ2v) is 4.63. The molecule has 1 heteroatoms. The van der Waals surface area contributed by atoms with E-state index in [0.29, 0.717) is 0 Å². The van der Waals surface area contributed by atoms with E-state index in [1.165, 1.54) is 16.4 Å². The molecule has 0 atom stereocenters. The molecule has 0 aromatic heterocycles. The Kier molecular flexibility index (Phi) is 7.67. The number of allylic oxidation sites excluding steroid dienone is 10. The van der Waals surface area contributed by atoms with Gasteiger partial charge in [-0.25, -0.2) is 0 Å². The van der Waals surface area contributed by atoms with E-state index in [1.54, 1.807) is 6.08 Å². The quantitative estimate of drug-likeness (QED) is 0.493. The SMILES string of the molecule is C=C/C=C\C(=C/C)B(C(/C=C\C)=C/C=C)c1ccccc1. The van der Waals surface area contributed by atoms with Crippen LogP contribution in [0.15, 0.2) is 103 Å². The summed E-state index contributed by atoms with van der Waals surface area (Å²) in [6.07, 6.45) is 16.2. The van der Waals surface area contributed by atoms with Crippen LogP contribution in [0.1, 0.15) is 13.8 Å². The maximum absolute atomic E-state index is 3.84. The first-order chi connectivity index (χ1) is 10.3. The van der Waals surface area contributed by atoms with E-state index < -0.39 is 0 Å². The standard InChI is InChI=1S/C20H23B/c1-5-9-15-18(8-4)21(19(13-6-2)14-7-3)20-16-11-10-12-17-20/h5-17H,1-2H2,3-4H3/b14-7-,15-9-,18-8+,19-13+. The van der Waals surface area contributed by atoms with Crippen molar-refractivity contribution in [2.75, 3.05) is 0 Å². The van der Waals surface area contributed by atoms with Crippen molar-refractivity contribution >= 4 is 12.2 Å². The smallest absolute Gasteiger partial charge is 0.0991 e. The van der Waals surface area contributed by atoms with Gasteiger partial charge in [-0.15, -0.1) is 0 Å². The van der Waals surface area contributed by atoms with Crippen molar-refractivity contribution in [1.29, 1.82) is 0 Å². The molecule has 0 aliphatic heterocycles. The molecule has 0 amide bonds. The summed E-state index contributed by atoms with van der Waals surface area (Å²) in [5.41, 5.74) is 3.73. The first-order valence-corrected chi connectivity index (χ1v) is 7.24. The third-order valence-corrected chi connectivity index (χ3v) is 3.23. The van der Waals surface area contributed by atoms with Crippen LogP contribution in [0.4, 0.5) is 0 Å². The molecule has 1 aromatic carbocycles. The Hall–Kier alpha value is -2.28. The predicted octanol–water partition coefficient (Wildman–Crippen LogP) is 4.84. The summed E-state index contributed by atoms with van der Waals surface area (Å²) in [7, 11) is 0. The summed E-state index contributed by atoms with van der Waals surface area (Å²) in [5.74, 6) is 0. The van der Waals surface area contributed by atoms with Crippen LogP contribution < -0.4 is 5.46 Å². The molecule has 0 bridgehead atoms. The minimum atomic E-state index is 0.196. The summed E-state index contributed by atoms with van der Waals surface area (Å²) < 4.78 is 0. The lowest BCUT2D eigenvalue weighted by Crippen LogP contribution is -2.34. The van der Waals surface area contributed by atoms with Gasteiger partial charge in [-0.1, -0.05) is 109 Å². The lowest BCUT2D eigenvalue weighted by Gasteiger charge is -2.17. The van der Waals surface area contributed by atoms with Gasteiger partial charge in [0.05, 0.1) is 0 Å². The molecule has 0 radical (unpaired) electrons. The highest BCUT2D eigenvalue weighted by Crippen LogP contribution is 2.15. The van der Waals surface area contributed by atoms with Gasteiger partial charge < -0.3 is 0 Å². The Morgan fingerprint density at radius 1 is 0.952 bits per heavy atom. The van der Waals surface area contributed by atoms with Crippen molar-refractivity contribution < 1.29 is 0 Å². The maximum atomic E-state index is 3.84. The number of hydrogen-bond donors (Lipinski definition) is 0. The largest absolute Gasteiger partial charge is 0.240 e. The van der Waals surface area contributed by atoms with Gasteiger partial charge in [-0.05, 0) is 13.8 Å². The molecule has 1 aromatic rings. The third-order valence-electron chi connectivity index (χ3n) is 3.23. The maximum Gasteiger partial charge on any atom is 0.240 e. The lowest BCUT2D eigenvalue weighted by atomic mass is 9.35. The highest BCUT2D eigenvalue weighted by atomic mass is 14.0. The molecule has 0 fully saturated rings. The normalized spacial score (nSPS) is 12.9. The van der Waals surface area contributed by atoms with Gasteiger partial charge in [0.25, 0.3) is 0 Å². The number of rotatable bonds is 7. The molecule has 0 nitrogen and oxygen atoms in total. The molecule has 0 unspecified atom stereocenters. The van der Waals surface area contributed by atoms with Gasteiger partial charge in [0.15, 0.2) is 0 Å². The zero-order valence-electron chi connectivity index (χ0n) is 13.0. The van der Waals surface area contributed by atoms with Gasteiger partial charge in [0, 0.05) is 0 Å². The van der Waals surface area contributed by atoms with E-state index in [2.05, 4.69) is 74.7 Å². The Labute approximate surface area is 129 Å². The molecule has 0 aliphatic rings. The van der Waals surface area contributed by atoms with E-state index >= 15 is 0 Å². The van der Waals surface area contributed by atoms with Gasteiger partial charge in [0.2, 0.25) is 6.71 Å². The first kappa shape index (κ1) is 16.8. The zero-order chi connectivity index (χ0) is 15.5. The summed E-state index contributed by atoms with van der Waals surface area (Å²) in [6.45, 7) is 11.9. The molecular weight excluding hydrogens is 251 g/mol. The van der Waals surface area contributed by atoms with E-state index in [4.69, 9.17) is 0 Å². The number of hydrogen-bond acceptors (Lipinski definition) is 0. The molecule has 0 spiro atoms.